The molecular weight excluding hydrogens is 1880 g/mol. The van der Waals surface area contributed by atoms with Crippen LogP contribution in [-0.4, -0.2) is 147 Å². The number of piperidine rings is 1. The number of fused-ring (bicyclic) bond motifs is 6. The summed E-state index contributed by atoms with van der Waals surface area (Å²) in [6, 6.07) is 45.7. The summed E-state index contributed by atoms with van der Waals surface area (Å²) >= 11 is 0. The molecule has 30 nitrogen and oxygen atoms in total. The lowest BCUT2D eigenvalue weighted by atomic mass is 9.81. The maximum Gasteiger partial charge on any atom is 0.410 e. The highest BCUT2D eigenvalue weighted by Crippen LogP contribution is 2.38. The number of carboxylic acids is 2. The van der Waals surface area contributed by atoms with Gasteiger partial charge in [-0.2, -0.15) is 0 Å². The summed E-state index contributed by atoms with van der Waals surface area (Å²) in [6.07, 6.45) is 24.6. The van der Waals surface area contributed by atoms with Gasteiger partial charge in [0.25, 0.3) is 11.8 Å². The monoisotopic (exact) mass is 2020 g/mol. The number of amides is 6. The largest absolute Gasteiger partial charge is 0.481 e. The van der Waals surface area contributed by atoms with Crippen LogP contribution in [0.5, 0.6) is 0 Å². The highest BCUT2D eigenvalue weighted by molar-refractivity contribution is 6.14. The van der Waals surface area contributed by atoms with Crippen molar-refractivity contribution in [3.63, 3.8) is 0 Å². The average molecular weight is 2020 g/mol. The number of allylic oxidation sites excluding steroid dienone is 1. The Bertz CT molecular complexity index is 6290. The molecule has 4 unspecified atom stereocenters. The van der Waals surface area contributed by atoms with E-state index in [4.69, 9.17) is 42.1 Å². The predicted molar refractivity (Wildman–Crippen MR) is 569 cm³/mol. The van der Waals surface area contributed by atoms with Crippen LogP contribution in [0.4, 0.5) is 44.6 Å². The Labute approximate surface area is 865 Å². The van der Waals surface area contributed by atoms with Crippen molar-refractivity contribution in [3.05, 3.63) is 264 Å². The molecule has 6 amide bonds. The molecule has 4 atom stereocenters. The smallest absolute Gasteiger partial charge is 0.410 e. The van der Waals surface area contributed by atoms with Gasteiger partial charge in [0.2, 0.25) is 17.7 Å². The molecule has 1 saturated carbocycles. The third kappa shape index (κ3) is 34.9. The molecule has 0 bridgehead atoms. The summed E-state index contributed by atoms with van der Waals surface area (Å²) in [4.78, 5) is 193. The average Bonchev–Trinajstić information content (AvgIpc) is 0.823. The molecule has 1 aliphatic heterocycles. The fraction of sp³-hybridized carbons (Fsp3) is 0.424. The number of nitrogens with two attached hydrogens (primary N) is 1. The highest BCUT2D eigenvalue weighted by Gasteiger charge is 2.35. The van der Waals surface area contributed by atoms with Crippen LogP contribution < -0.4 is 32.3 Å². The molecule has 782 valence electrons. The lowest BCUT2D eigenvalue weighted by Crippen LogP contribution is -2.41. The number of carbonyl (C=O) groups excluding carboxylic acids is 14. The van der Waals surface area contributed by atoms with Crippen LogP contribution in [0.15, 0.2) is 169 Å². The normalized spacial score (nSPS) is 17.1. The SMILES string of the molecule is CC(=O)Nc1ccc2c(c1)CC/C(=C\C(=O)O)C2=O.CC(=O)Nc1ccc2c(c1)CCCC2=O.CC(C)(C)OC(=O)N1CCC(CCCC(=O)O)CC1.CCC1CCc2cc(NC(=O)CCC3CCCCC3)ccc2C1=O.CCC1CCc2cc(NC(=O)c3ccc(C(C)=N)cc3)ccc2C1=O.CCOC(=O)CC1CCc2cc(N)ccc2C1=O.[C-]#[N+]c1ccc(C(=O)Nc2ccc3c(c2)CCC(CC(=O)OCC)C3=O)cc1. The number of likely N-dealkylation sites (tertiary alicyclic amines) is 1. The van der Waals surface area contributed by atoms with Crippen molar-refractivity contribution in [1.29, 1.82) is 5.41 Å². The van der Waals surface area contributed by atoms with Crippen molar-refractivity contribution >= 4 is 140 Å². The second kappa shape index (κ2) is 56.1. The van der Waals surface area contributed by atoms with Gasteiger partial charge in [0.15, 0.2) is 40.4 Å². The van der Waals surface area contributed by atoms with Gasteiger partial charge >= 0.3 is 30.0 Å². The second-order valence-electron chi connectivity index (χ2n) is 39.5. The zero-order valence-corrected chi connectivity index (χ0v) is 86.5. The molecular formula is C118H139N9O21. The van der Waals surface area contributed by atoms with Gasteiger partial charge in [0.05, 0.1) is 32.6 Å². The summed E-state index contributed by atoms with van der Waals surface area (Å²) in [5.74, 6) is -1.70. The van der Waals surface area contributed by atoms with Crippen LogP contribution in [-0.2, 0) is 86.3 Å². The summed E-state index contributed by atoms with van der Waals surface area (Å²) in [6.45, 7) is 26.9. The van der Waals surface area contributed by atoms with E-state index in [0.29, 0.717) is 145 Å². The standard InChI is InChI=1S/C22H20N2O4.C21H22N2O2.C21H29NO2.C14H13NO4.C14H25NO4.C14H17NO3.C12H13NO2/c1-3-28-20(25)13-16-5-4-15-12-18(10-11-19(15)21(16)26)24-22(27)14-6-8-17(23-2)9-7-14;1-3-14-4-9-17-12-18(10-11-19(17)20(14)24)23-21(25)16-7-5-15(6-8-16)13(2)22;1-2-16-9-10-17-14-18(11-12-19(17)21(16)24)22-20(23)13-8-15-6-4-3-5-7-15;1-8(16)15-11-4-5-12-9(6-11)2-3-10(14(12)19)7-13(17)18;1-14(2,3)19-13(18)15-9-7-11(8-10-15)5-4-6-12(16)17;1-2-18-13(16)8-10-4-3-9-7-11(15)5-6-12(9)14(10)17;1-8(14)13-10-5-6-11-9(7-10)3-2-4-12(11)15/h6-12,16H,3-5,13H2,1H3,(H,24,27);5-8,10-12,14,22H,3-4,9H2,1-2H3,(H,23,25);11-12,14-16H,2-10,13H2,1H3,(H,22,23);4-7H,2-3H2,1H3,(H,15,16)(H,17,18);11H,4-10H2,1-3H3,(H,16,17);5-7,10H,2-4,8,15H2,1H3;5-7H,2-4H2,1H3,(H,13,14)/b;;;10-7+;;;. The maximum absolute atomic E-state index is 12.7. The number of aryl methyl sites for hydroxylation is 6. The van der Waals surface area contributed by atoms with Gasteiger partial charge in [-0.15, -0.1) is 0 Å². The summed E-state index contributed by atoms with van der Waals surface area (Å²) in [7, 11) is 0. The summed E-state index contributed by atoms with van der Waals surface area (Å²) in [5.41, 5.74) is 22.7. The van der Waals surface area contributed by atoms with E-state index < -0.39 is 17.5 Å². The van der Waals surface area contributed by atoms with Crippen molar-refractivity contribution < 1.29 is 101 Å². The molecule has 16 rings (SSSR count). The predicted octanol–water partition coefficient (Wildman–Crippen LogP) is 22.6. The van der Waals surface area contributed by atoms with E-state index in [0.717, 1.165) is 169 Å². The third-order valence-corrected chi connectivity index (χ3v) is 27.4. The third-order valence-electron chi connectivity index (χ3n) is 27.4. The van der Waals surface area contributed by atoms with E-state index in [9.17, 15) is 76.7 Å². The molecule has 1 saturated heterocycles. The Morgan fingerprint density at radius 2 is 0.851 bits per heavy atom. The van der Waals surface area contributed by atoms with Crippen molar-refractivity contribution in [2.75, 3.05) is 58.6 Å². The minimum absolute atomic E-state index is 0.0318. The number of carboxylic acid groups (broad SMARTS) is 2. The summed E-state index contributed by atoms with van der Waals surface area (Å²) in [5, 5.41) is 39.0. The first-order chi connectivity index (χ1) is 70.7. The van der Waals surface area contributed by atoms with E-state index in [1.807, 2.05) is 76.2 Å². The number of hydrogen-bond acceptors (Lipinski definition) is 21. The van der Waals surface area contributed by atoms with E-state index in [1.165, 1.54) is 46.0 Å². The minimum atomic E-state index is -1.11. The van der Waals surface area contributed by atoms with Gasteiger partial charge in [-0.25, -0.2) is 14.4 Å². The molecule has 0 radical (unpaired) electrons. The minimum Gasteiger partial charge on any atom is -0.481 e. The Kier molecular flexibility index (Phi) is 43.5. The fourth-order valence-electron chi connectivity index (χ4n) is 19.5. The number of ketones is 6. The molecule has 8 aromatic rings. The zero-order chi connectivity index (χ0) is 107. The molecule has 10 N–H and O–H groups in total. The zero-order valence-electron chi connectivity index (χ0n) is 86.5. The van der Waals surface area contributed by atoms with E-state index in [2.05, 4.69) is 38.4 Å². The maximum atomic E-state index is 12.7. The van der Waals surface area contributed by atoms with Crippen molar-refractivity contribution in [2.24, 2.45) is 35.5 Å². The van der Waals surface area contributed by atoms with Gasteiger partial charge in [-0.1, -0.05) is 82.3 Å². The molecule has 1 heterocycles. The summed E-state index contributed by atoms with van der Waals surface area (Å²) < 4.78 is 15.2. The van der Waals surface area contributed by atoms with Gasteiger partial charge in [-0.05, 0) is 336 Å². The van der Waals surface area contributed by atoms with Crippen LogP contribution in [0.3, 0.4) is 0 Å². The molecule has 0 spiro atoms. The number of carbonyl (C=O) groups is 16. The van der Waals surface area contributed by atoms with E-state index in [-0.39, 0.29) is 125 Å². The quantitative estimate of drug-likeness (QED) is 0.00677. The van der Waals surface area contributed by atoms with E-state index >= 15 is 0 Å². The first-order valence-electron chi connectivity index (χ1n) is 51.5. The van der Waals surface area contributed by atoms with Gasteiger partial charge in [-0.3, -0.25) is 67.1 Å². The number of rotatable bonds is 24. The van der Waals surface area contributed by atoms with Crippen LogP contribution >= 0.6 is 0 Å². The Balaban J connectivity index is 0.000000178. The van der Waals surface area contributed by atoms with Crippen LogP contribution in [0.2, 0.25) is 0 Å². The number of nitrogens with one attached hydrogen (secondary N) is 6. The van der Waals surface area contributed by atoms with Crippen LogP contribution in [0.25, 0.3) is 4.85 Å². The Hall–Kier alpha value is -15.0. The number of nitrogens with zero attached hydrogens (tertiary/aromatic N) is 2. The molecule has 2 fully saturated rings. The number of anilines is 6. The van der Waals surface area contributed by atoms with Gasteiger partial charge in [0.1, 0.15) is 5.60 Å². The molecule has 8 aliphatic rings. The van der Waals surface area contributed by atoms with Crippen molar-refractivity contribution in [3.8, 4) is 0 Å². The second-order valence-corrected chi connectivity index (χ2v) is 39.5. The highest BCUT2D eigenvalue weighted by atomic mass is 16.6. The van der Waals surface area contributed by atoms with E-state index in [1.54, 1.807) is 135 Å². The van der Waals surface area contributed by atoms with Crippen LogP contribution in [0, 0.1) is 47.5 Å². The van der Waals surface area contributed by atoms with Gasteiger partial charge in [0, 0.05) is 166 Å². The van der Waals surface area contributed by atoms with Crippen molar-refractivity contribution in [2.45, 2.75) is 261 Å². The lowest BCUT2D eigenvalue weighted by molar-refractivity contribution is -0.144. The number of aliphatic carboxylic acids is 2. The molecule has 7 aliphatic carbocycles. The number of Topliss-reactive ketones (excluding diaryl/α,β-unsaturated/α-hetero) is 6. The van der Waals surface area contributed by atoms with Gasteiger partial charge < -0.3 is 67.1 Å². The first-order valence-corrected chi connectivity index (χ1v) is 51.5. The molecule has 148 heavy (non-hydrogen) atoms. The number of hydrogen-bond donors (Lipinski definition) is 9. The lowest BCUT2D eigenvalue weighted by Gasteiger charge is -2.33. The number of nitrogen functional groups attached to an aromatic ring is 1. The number of esters is 2. The molecule has 0 aromatic heterocycles. The topological polar surface area (TPSA) is 459 Å². The molecule has 8 aromatic carbocycles. The number of benzene rings is 8. The Morgan fingerprint density at radius 1 is 0.446 bits per heavy atom. The van der Waals surface area contributed by atoms with Crippen LogP contribution in [0.1, 0.15) is 339 Å². The molecule has 30 heteroatoms. The fourth-order valence-corrected chi connectivity index (χ4v) is 19.5. The van der Waals surface area contributed by atoms with Crippen molar-refractivity contribution in [1.82, 2.24) is 4.90 Å². The number of ether oxygens (including phenoxy) is 3. The first kappa shape index (κ1) is 115. The Morgan fingerprint density at radius 3 is 1.29 bits per heavy atom.